The number of hydrogen-bond acceptors (Lipinski definition) is 4. The maximum absolute atomic E-state index is 11.7. The quantitative estimate of drug-likeness (QED) is 0.796. The fourth-order valence-electron chi connectivity index (χ4n) is 1.52. The molecule has 1 aromatic carbocycles. The van der Waals surface area contributed by atoms with E-state index in [4.69, 9.17) is 0 Å². The van der Waals surface area contributed by atoms with Crippen molar-refractivity contribution in [1.29, 1.82) is 0 Å². The molecule has 2 rings (SSSR count). The largest absolute Gasteiger partial charge is 0.326 e. The minimum absolute atomic E-state index is 0.175. The van der Waals surface area contributed by atoms with Gasteiger partial charge in [-0.1, -0.05) is 6.07 Å². The van der Waals surface area contributed by atoms with Gasteiger partial charge in [0, 0.05) is 30.7 Å². The van der Waals surface area contributed by atoms with Gasteiger partial charge in [-0.3, -0.25) is 15.1 Å². The predicted octanol–water partition coefficient (Wildman–Crippen LogP) is 2.08. The SMILES string of the molecule is CC(=O)Nc1cccc(NC(=O)Nc2cnccn2)c1. The standard InChI is InChI=1S/C13H13N5O2/c1-9(19)16-10-3-2-4-11(7-10)17-13(20)18-12-8-14-5-6-15-12/h2-8H,1H3,(H,16,19)(H2,15,17,18,20). The van der Waals surface area contributed by atoms with Gasteiger partial charge in [0.1, 0.15) is 0 Å². The van der Waals surface area contributed by atoms with Crippen LogP contribution in [-0.2, 0) is 4.79 Å². The Morgan fingerprint density at radius 2 is 1.80 bits per heavy atom. The first kappa shape index (κ1) is 13.5. The molecule has 1 aromatic heterocycles. The lowest BCUT2D eigenvalue weighted by atomic mass is 10.3. The van der Waals surface area contributed by atoms with Gasteiger partial charge in [0.25, 0.3) is 0 Å². The van der Waals surface area contributed by atoms with E-state index in [1.165, 1.54) is 25.5 Å². The molecule has 0 aliphatic carbocycles. The molecular weight excluding hydrogens is 258 g/mol. The minimum Gasteiger partial charge on any atom is -0.326 e. The average molecular weight is 271 g/mol. The third kappa shape index (κ3) is 4.05. The van der Waals surface area contributed by atoms with Crippen LogP contribution in [0.25, 0.3) is 0 Å². The number of hydrogen-bond donors (Lipinski definition) is 3. The van der Waals surface area contributed by atoms with Crippen LogP contribution in [0.15, 0.2) is 42.9 Å². The second-order valence-electron chi connectivity index (χ2n) is 3.93. The van der Waals surface area contributed by atoms with Crippen LogP contribution < -0.4 is 16.0 Å². The number of benzene rings is 1. The first-order valence-corrected chi connectivity index (χ1v) is 5.85. The van der Waals surface area contributed by atoms with E-state index >= 15 is 0 Å². The van der Waals surface area contributed by atoms with Crippen LogP contribution in [0.4, 0.5) is 22.0 Å². The van der Waals surface area contributed by atoms with Crippen LogP contribution in [-0.4, -0.2) is 21.9 Å². The molecule has 0 radical (unpaired) electrons. The summed E-state index contributed by atoms with van der Waals surface area (Å²) in [6.07, 6.45) is 4.43. The van der Waals surface area contributed by atoms with Gasteiger partial charge < -0.3 is 10.6 Å². The summed E-state index contributed by atoms with van der Waals surface area (Å²) in [5, 5.41) is 7.81. The summed E-state index contributed by atoms with van der Waals surface area (Å²) in [4.78, 5) is 30.5. The second kappa shape index (κ2) is 6.28. The molecule has 2 aromatic rings. The lowest BCUT2D eigenvalue weighted by Crippen LogP contribution is -2.20. The molecule has 3 N–H and O–H groups in total. The van der Waals surface area contributed by atoms with E-state index in [0.717, 1.165) is 0 Å². The van der Waals surface area contributed by atoms with Crippen molar-refractivity contribution in [3.63, 3.8) is 0 Å². The van der Waals surface area contributed by atoms with E-state index in [-0.39, 0.29) is 5.91 Å². The maximum Gasteiger partial charge on any atom is 0.324 e. The highest BCUT2D eigenvalue weighted by molar-refractivity contribution is 5.99. The molecule has 0 unspecified atom stereocenters. The molecule has 3 amide bonds. The van der Waals surface area contributed by atoms with E-state index in [9.17, 15) is 9.59 Å². The molecule has 0 bridgehead atoms. The molecule has 0 aliphatic heterocycles. The molecule has 20 heavy (non-hydrogen) atoms. The van der Waals surface area contributed by atoms with Gasteiger partial charge in [-0.25, -0.2) is 9.78 Å². The molecule has 0 spiro atoms. The molecule has 0 aliphatic rings. The summed E-state index contributed by atoms with van der Waals surface area (Å²) in [5.41, 5.74) is 1.16. The van der Waals surface area contributed by atoms with Crippen molar-refractivity contribution in [2.24, 2.45) is 0 Å². The van der Waals surface area contributed by atoms with Crippen LogP contribution in [0.5, 0.6) is 0 Å². The highest BCUT2D eigenvalue weighted by Gasteiger charge is 2.04. The number of rotatable bonds is 3. The Bertz CT molecular complexity index is 615. The van der Waals surface area contributed by atoms with Gasteiger partial charge >= 0.3 is 6.03 Å². The summed E-state index contributed by atoms with van der Waals surface area (Å²) in [6.45, 7) is 1.42. The van der Waals surface area contributed by atoms with Crippen molar-refractivity contribution in [2.45, 2.75) is 6.92 Å². The number of nitrogens with one attached hydrogen (secondary N) is 3. The molecular formula is C13H13N5O2. The highest BCUT2D eigenvalue weighted by Crippen LogP contribution is 2.15. The Kier molecular flexibility index (Phi) is 4.23. The Hall–Kier alpha value is -2.96. The zero-order valence-electron chi connectivity index (χ0n) is 10.8. The molecule has 102 valence electrons. The third-order valence-corrected chi connectivity index (χ3v) is 2.25. The predicted molar refractivity (Wildman–Crippen MR) is 75.4 cm³/mol. The number of carbonyl (C=O) groups is 2. The zero-order chi connectivity index (χ0) is 14.4. The Morgan fingerprint density at radius 1 is 1.05 bits per heavy atom. The van der Waals surface area contributed by atoms with Crippen LogP contribution in [0.1, 0.15) is 6.92 Å². The van der Waals surface area contributed by atoms with E-state index in [2.05, 4.69) is 25.9 Å². The van der Waals surface area contributed by atoms with Gasteiger partial charge in [0.05, 0.1) is 6.20 Å². The normalized spacial score (nSPS) is 9.65. The Labute approximate surface area is 115 Å². The molecule has 0 fully saturated rings. The number of amides is 3. The third-order valence-electron chi connectivity index (χ3n) is 2.25. The molecule has 7 nitrogen and oxygen atoms in total. The topological polar surface area (TPSA) is 96.0 Å². The van der Waals surface area contributed by atoms with Crippen molar-refractivity contribution < 1.29 is 9.59 Å². The Balaban J connectivity index is 1.99. The number of aromatic nitrogens is 2. The van der Waals surface area contributed by atoms with Crippen LogP contribution in [0.3, 0.4) is 0 Å². The van der Waals surface area contributed by atoms with Crippen LogP contribution in [0.2, 0.25) is 0 Å². The van der Waals surface area contributed by atoms with E-state index in [0.29, 0.717) is 17.2 Å². The van der Waals surface area contributed by atoms with E-state index < -0.39 is 6.03 Å². The van der Waals surface area contributed by atoms with E-state index in [1.807, 2.05) is 0 Å². The zero-order valence-corrected chi connectivity index (χ0v) is 10.8. The van der Waals surface area contributed by atoms with Gasteiger partial charge in [0.2, 0.25) is 5.91 Å². The molecule has 7 heteroatoms. The highest BCUT2D eigenvalue weighted by atomic mass is 16.2. The molecule has 0 saturated heterocycles. The maximum atomic E-state index is 11.7. The lowest BCUT2D eigenvalue weighted by Gasteiger charge is -2.08. The summed E-state index contributed by atoms with van der Waals surface area (Å²) in [7, 11) is 0. The number of nitrogens with zero attached hydrogens (tertiary/aromatic N) is 2. The molecule has 0 saturated carbocycles. The first-order chi connectivity index (χ1) is 9.63. The molecule has 1 heterocycles. The fraction of sp³-hybridized carbons (Fsp3) is 0.0769. The minimum atomic E-state index is -0.439. The van der Waals surface area contributed by atoms with E-state index in [1.54, 1.807) is 24.3 Å². The first-order valence-electron chi connectivity index (χ1n) is 5.85. The van der Waals surface area contributed by atoms with Gasteiger partial charge in [0.15, 0.2) is 5.82 Å². The Morgan fingerprint density at radius 3 is 2.45 bits per heavy atom. The molecule has 0 atom stereocenters. The summed E-state index contributed by atoms with van der Waals surface area (Å²) in [5.74, 6) is 0.175. The fourth-order valence-corrected chi connectivity index (χ4v) is 1.52. The van der Waals surface area contributed by atoms with Crippen molar-refractivity contribution in [2.75, 3.05) is 16.0 Å². The lowest BCUT2D eigenvalue weighted by molar-refractivity contribution is -0.114. The van der Waals surface area contributed by atoms with Gasteiger partial charge in [-0.2, -0.15) is 0 Å². The van der Waals surface area contributed by atoms with Crippen LogP contribution in [0, 0.1) is 0 Å². The number of carbonyl (C=O) groups excluding carboxylic acids is 2. The van der Waals surface area contributed by atoms with Crippen molar-refractivity contribution in [3.05, 3.63) is 42.9 Å². The van der Waals surface area contributed by atoms with Crippen molar-refractivity contribution >= 4 is 29.1 Å². The second-order valence-corrected chi connectivity index (χ2v) is 3.93. The monoisotopic (exact) mass is 271 g/mol. The number of urea groups is 1. The smallest absolute Gasteiger partial charge is 0.324 e. The van der Waals surface area contributed by atoms with Gasteiger partial charge in [-0.05, 0) is 18.2 Å². The van der Waals surface area contributed by atoms with Crippen LogP contribution >= 0.6 is 0 Å². The van der Waals surface area contributed by atoms with Crippen molar-refractivity contribution in [3.8, 4) is 0 Å². The van der Waals surface area contributed by atoms with Gasteiger partial charge in [-0.15, -0.1) is 0 Å². The summed E-state index contributed by atoms with van der Waals surface area (Å²) in [6, 6.07) is 6.38. The van der Waals surface area contributed by atoms with Crippen molar-refractivity contribution in [1.82, 2.24) is 9.97 Å². The average Bonchev–Trinajstić information content (AvgIpc) is 2.39. The summed E-state index contributed by atoms with van der Waals surface area (Å²) >= 11 is 0. The number of anilines is 3. The summed E-state index contributed by atoms with van der Waals surface area (Å²) < 4.78 is 0.